The standard InChI is InChI=1S/C13H20N2O4/c1-5-19-13(2,3)9-14-11-7-6-10(18-4)8-12(11)15(16)17/h6-8,14H,5,9H2,1-4H3. The van der Waals surface area contributed by atoms with Crippen molar-refractivity contribution in [2.75, 3.05) is 25.6 Å². The summed E-state index contributed by atoms with van der Waals surface area (Å²) in [5.41, 5.74) is 0.0629. The molecule has 0 saturated carbocycles. The molecule has 1 N–H and O–H groups in total. The minimum Gasteiger partial charge on any atom is -0.496 e. The highest BCUT2D eigenvalue weighted by Crippen LogP contribution is 2.29. The van der Waals surface area contributed by atoms with Crippen LogP contribution in [0.25, 0.3) is 0 Å². The number of nitro groups is 1. The second-order valence-electron chi connectivity index (χ2n) is 4.69. The van der Waals surface area contributed by atoms with Crippen LogP contribution in [0.1, 0.15) is 20.8 Å². The predicted molar refractivity (Wildman–Crippen MR) is 73.8 cm³/mol. The van der Waals surface area contributed by atoms with Crippen LogP contribution in [0.5, 0.6) is 5.75 Å². The third kappa shape index (κ3) is 4.40. The molecular weight excluding hydrogens is 248 g/mol. The Balaban J connectivity index is 2.86. The molecule has 0 spiro atoms. The Morgan fingerprint density at radius 2 is 2.11 bits per heavy atom. The monoisotopic (exact) mass is 268 g/mol. The molecule has 0 amide bonds. The molecule has 106 valence electrons. The number of anilines is 1. The van der Waals surface area contributed by atoms with Crippen molar-refractivity contribution in [1.82, 2.24) is 0 Å². The largest absolute Gasteiger partial charge is 0.496 e. The summed E-state index contributed by atoms with van der Waals surface area (Å²) in [6.07, 6.45) is 0. The number of nitro benzene ring substituents is 1. The fourth-order valence-corrected chi connectivity index (χ4v) is 1.69. The lowest BCUT2D eigenvalue weighted by atomic mass is 10.1. The van der Waals surface area contributed by atoms with E-state index in [1.54, 1.807) is 12.1 Å². The maximum atomic E-state index is 11.0. The van der Waals surface area contributed by atoms with Gasteiger partial charge in [-0.25, -0.2) is 0 Å². The van der Waals surface area contributed by atoms with Crippen molar-refractivity contribution < 1.29 is 14.4 Å². The molecule has 19 heavy (non-hydrogen) atoms. The van der Waals surface area contributed by atoms with Crippen LogP contribution >= 0.6 is 0 Å². The average molecular weight is 268 g/mol. The Morgan fingerprint density at radius 3 is 2.63 bits per heavy atom. The van der Waals surface area contributed by atoms with Gasteiger partial charge in [0, 0.05) is 13.2 Å². The second kappa shape index (κ2) is 6.38. The van der Waals surface area contributed by atoms with Crippen molar-refractivity contribution in [3.8, 4) is 5.75 Å². The molecule has 6 heteroatoms. The number of hydrogen-bond donors (Lipinski definition) is 1. The molecular formula is C13H20N2O4. The van der Waals surface area contributed by atoms with E-state index in [0.717, 1.165) is 0 Å². The fourth-order valence-electron chi connectivity index (χ4n) is 1.69. The van der Waals surface area contributed by atoms with E-state index < -0.39 is 4.92 Å². The third-order valence-electron chi connectivity index (χ3n) is 2.64. The van der Waals surface area contributed by atoms with Crippen LogP contribution in [0.4, 0.5) is 11.4 Å². The summed E-state index contributed by atoms with van der Waals surface area (Å²) in [6, 6.07) is 4.72. The van der Waals surface area contributed by atoms with Gasteiger partial charge < -0.3 is 14.8 Å². The molecule has 0 aromatic heterocycles. The SMILES string of the molecule is CCOC(C)(C)CNc1ccc(OC)cc1[N+](=O)[O-]. The fraction of sp³-hybridized carbons (Fsp3) is 0.538. The highest BCUT2D eigenvalue weighted by molar-refractivity contribution is 5.64. The van der Waals surface area contributed by atoms with E-state index >= 15 is 0 Å². The number of ether oxygens (including phenoxy) is 2. The molecule has 0 radical (unpaired) electrons. The molecule has 0 atom stereocenters. The van der Waals surface area contributed by atoms with E-state index in [1.165, 1.54) is 13.2 Å². The van der Waals surface area contributed by atoms with Crippen LogP contribution in [-0.2, 0) is 4.74 Å². The van der Waals surface area contributed by atoms with Gasteiger partial charge in [0.15, 0.2) is 0 Å². The van der Waals surface area contributed by atoms with Crippen LogP contribution in [-0.4, -0.2) is 30.8 Å². The van der Waals surface area contributed by atoms with E-state index in [9.17, 15) is 10.1 Å². The molecule has 0 heterocycles. The smallest absolute Gasteiger partial charge is 0.296 e. The highest BCUT2D eigenvalue weighted by Gasteiger charge is 2.20. The molecule has 0 unspecified atom stereocenters. The summed E-state index contributed by atoms with van der Waals surface area (Å²) in [5.74, 6) is 0.460. The van der Waals surface area contributed by atoms with Crippen LogP contribution in [0.2, 0.25) is 0 Å². The van der Waals surface area contributed by atoms with Gasteiger partial charge in [0.2, 0.25) is 0 Å². The Bertz CT molecular complexity index is 446. The molecule has 1 aromatic rings. The number of nitrogens with zero attached hydrogens (tertiary/aromatic N) is 1. The lowest BCUT2D eigenvalue weighted by molar-refractivity contribution is -0.384. The van der Waals surface area contributed by atoms with E-state index in [-0.39, 0.29) is 11.3 Å². The summed E-state index contributed by atoms with van der Waals surface area (Å²) in [7, 11) is 1.48. The molecule has 0 aliphatic carbocycles. The molecule has 0 aliphatic heterocycles. The zero-order valence-corrected chi connectivity index (χ0v) is 11.7. The van der Waals surface area contributed by atoms with Gasteiger partial charge >= 0.3 is 0 Å². The summed E-state index contributed by atoms with van der Waals surface area (Å²) in [5, 5.41) is 14.1. The van der Waals surface area contributed by atoms with Gasteiger partial charge in [-0.2, -0.15) is 0 Å². The van der Waals surface area contributed by atoms with Crippen molar-refractivity contribution in [3.63, 3.8) is 0 Å². The zero-order chi connectivity index (χ0) is 14.5. The summed E-state index contributed by atoms with van der Waals surface area (Å²) in [4.78, 5) is 10.6. The number of benzene rings is 1. The highest BCUT2D eigenvalue weighted by atomic mass is 16.6. The quantitative estimate of drug-likeness (QED) is 0.608. The van der Waals surface area contributed by atoms with E-state index in [2.05, 4.69) is 5.32 Å². The van der Waals surface area contributed by atoms with Gasteiger partial charge in [0.05, 0.1) is 23.7 Å². The number of methoxy groups -OCH3 is 1. The molecule has 0 aliphatic rings. The van der Waals surface area contributed by atoms with Gasteiger partial charge in [-0.3, -0.25) is 10.1 Å². The Labute approximate surface area is 112 Å². The first kappa shape index (κ1) is 15.2. The number of rotatable bonds is 7. The average Bonchev–Trinajstić information content (AvgIpc) is 2.36. The minimum absolute atomic E-state index is 0.00773. The summed E-state index contributed by atoms with van der Waals surface area (Å²) >= 11 is 0. The van der Waals surface area contributed by atoms with Crippen LogP contribution < -0.4 is 10.1 Å². The first-order valence-electron chi connectivity index (χ1n) is 6.10. The molecule has 0 bridgehead atoms. The van der Waals surface area contributed by atoms with E-state index in [1.807, 2.05) is 20.8 Å². The Kier molecular flexibility index (Phi) is 5.11. The van der Waals surface area contributed by atoms with Gasteiger partial charge in [0.25, 0.3) is 5.69 Å². The van der Waals surface area contributed by atoms with Crippen LogP contribution in [0.15, 0.2) is 18.2 Å². The first-order chi connectivity index (χ1) is 8.89. The van der Waals surface area contributed by atoms with E-state index in [0.29, 0.717) is 24.6 Å². The van der Waals surface area contributed by atoms with E-state index in [4.69, 9.17) is 9.47 Å². The maximum absolute atomic E-state index is 11.0. The Morgan fingerprint density at radius 1 is 1.42 bits per heavy atom. The molecule has 1 aromatic carbocycles. The van der Waals surface area contributed by atoms with Gasteiger partial charge in [-0.05, 0) is 32.9 Å². The Hall–Kier alpha value is -1.82. The predicted octanol–water partition coefficient (Wildman–Crippen LogP) is 2.83. The summed E-state index contributed by atoms with van der Waals surface area (Å²) < 4.78 is 10.5. The second-order valence-corrected chi connectivity index (χ2v) is 4.69. The van der Waals surface area contributed by atoms with Crippen molar-refractivity contribution in [2.24, 2.45) is 0 Å². The molecule has 0 saturated heterocycles. The zero-order valence-electron chi connectivity index (χ0n) is 11.7. The van der Waals surface area contributed by atoms with Gasteiger partial charge in [-0.15, -0.1) is 0 Å². The number of nitrogens with one attached hydrogen (secondary N) is 1. The molecule has 0 fully saturated rings. The normalized spacial score (nSPS) is 11.2. The first-order valence-corrected chi connectivity index (χ1v) is 6.10. The molecule has 6 nitrogen and oxygen atoms in total. The van der Waals surface area contributed by atoms with Crippen molar-refractivity contribution in [1.29, 1.82) is 0 Å². The lowest BCUT2D eigenvalue weighted by Gasteiger charge is -2.25. The number of hydrogen-bond acceptors (Lipinski definition) is 5. The maximum Gasteiger partial charge on any atom is 0.296 e. The van der Waals surface area contributed by atoms with Gasteiger partial charge in [-0.1, -0.05) is 0 Å². The minimum atomic E-state index is -0.432. The van der Waals surface area contributed by atoms with Crippen LogP contribution in [0, 0.1) is 10.1 Å². The van der Waals surface area contributed by atoms with Crippen LogP contribution in [0.3, 0.4) is 0 Å². The van der Waals surface area contributed by atoms with Crippen molar-refractivity contribution >= 4 is 11.4 Å². The van der Waals surface area contributed by atoms with Crippen molar-refractivity contribution in [3.05, 3.63) is 28.3 Å². The summed E-state index contributed by atoms with van der Waals surface area (Å²) in [6.45, 7) is 6.85. The topological polar surface area (TPSA) is 73.6 Å². The van der Waals surface area contributed by atoms with Crippen molar-refractivity contribution in [2.45, 2.75) is 26.4 Å². The lowest BCUT2D eigenvalue weighted by Crippen LogP contribution is -2.33. The third-order valence-corrected chi connectivity index (χ3v) is 2.64. The van der Waals surface area contributed by atoms with Gasteiger partial charge in [0.1, 0.15) is 11.4 Å². The molecule has 1 rings (SSSR count).